The first-order valence-corrected chi connectivity index (χ1v) is 8.25. The van der Waals surface area contributed by atoms with Crippen LogP contribution in [-0.2, 0) is 9.59 Å². The van der Waals surface area contributed by atoms with Crippen molar-refractivity contribution in [2.24, 2.45) is 0 Å². The molecule has 120 valence electrons. The van der Waals surface area contributed by atoms with Crippen LogP contribution in [0.2, 0.25) is 0 Å². The predicted octanol–water partition coefficient (Wildman–Crippen LogP) is 1.38. The van der Waals surface area contributed by atoms with Crippen molar-refractivity contribution >= 4 is 11.8 Å². The molecule has 2 rings (SSSR count). The van der Waals surface area contributed by atoms with E-state index in [9.17, 15) is 9.59 Å². The number of carbonyl (C=O) groups is 2. The molecule has 0 aromatic heterocycles. The van der Waals surface area contributed by atoms with E-state index < -0.39 is 0 Å². The summed E-state index contributed by atoms with van der Waals surface area (Å²) in [6.07, 6.45) is 7.79. The molecule has 0 aromatic rings. The Morgan fingerprint density at radius 1 is 1.29 bits per heavy atom. The van der Waals surface area contributed by atoms with Crippen molar-refractivity contribution in [3.05, 3.63) is 0 Å². The van der Waals surface area contributed by atoms with Crippen molar-refractivity contribution in [2.75, 3.05) is 33.7 Å². The molecule has 1 aliphatic carbocycles. The molecule has 2 aliphatic rings. The first-order valence-electron chi connectivity index (χ1n) is 8.25. The molecule has 1 saturated heterocycles. The van der Waals surface area contributed by atoms with E-state index in [0.717, 1.165) is 32.5 Å². The highest BCUT2D eigenvalue weighted by Crippen LogP contribution is 2.33. The van der Waals surface area contributed by atoms with Gasteiger partial charge in [-0.1, -0.05) is 12.8 Å². The number of carbonyl (C=O) groups excluding carboxylic acids is 2. The topological polar surface area (TPSA) is 52.7 Å². The maximum absolute atomic E-state index is 12.0. The van der Waals surface area contributed by atoms with E-state index in [-0.39, 0.29) is 17.4 Å². The van der Waals surface area contributed by atoms with Gasteiger partial charge in [0.05, 0.1) is 0 Å². The summed E-state index contributed by atoms with van der Waals surface area (Å²) in [7, 11) is 4.22. The number of nitrogens with zero attached hydrogens (tertiary/aromatic N) is 2. The van der Waals surface area contributed by atoms with E-state index in [1.165, 1.54) is 25.7 Å². The Kier molecular flexibility index (Phi) is 5.62. The van der Waals surface area contributed by atoms with E-state index >= 15 is 0 Å². The fourth-order valence-electron chi connectivity index (χ4n) is 3.54. The molecule has 0 aromatic carbocycles. The SMILES string of the molecule is CN(C)C1(CNC(=O)CCCN2CCCC2=O)CCCC1. The van der Waals surface area contributed by atoms with E-state index in [0.29, 0.717) is 12.8 Å². The van der Waals surface area contributed by atoms with Crippen molar-refractivity contribution < 1.29 is 9.59 Å². The minimum absolute atomic E-state index is 0.120. The summed E-state index contributed by atoms with van der Waals surface area (Å²) in [5, 5.41) is 3.10. The van der Waals surface area contributed by atoms with Gasteiger partial charge >= 0.3 is 0 Å². The lowest BCUT2D eigenvalue weighted by Gasteiger charge is -2.36. The molecule has 0 spiro atoms. The molecule has 1 N–H and O–H groups in total. The van der Waals surface area contributed by atoms with Gasteiger partial charge in [0.15, 0.2) is 0 Å². The molecular weight excluding hydrogens is 266 g/mol. The third kappa shape index (κ3) is 4.19. The molecular formula is C16H29N3O2. The average molecular weight is 295 g/mol. The van der Waals surface area contributed by atoms with E-state index in [1.54, 1.807) is 0 Å². The zero-order valence-electron chi connectivity index (χ0n) is 13.5. The van der Waals surface area contributed by atoms with Gasteiger partial charge in [-0.2, -0.15) is 0 Å². The third-order valence-corrected chi connectivity index (χ3v) is 5.10. The number of nitrogens with one attached hydrogen (secondary N) is 1. The van der Waals surface area contributed by atoms with Crippen molar-refractivity contribution in [3.63, 3.8) is 0 Å². The molecule has 21 heavy (non-hydrogen) atoms. The van der Waals surface area contributed by atoms with Gasteiger partial charge in [0.25, 0.3) is 0 Å². The molecule has 1 heterocycles. The summed E-state index contributed by atoms with van der Waals surface area (Å²) >= 11 is 0. The molecule has 0 radical (unpaired) electrons. The Morgan fingerprint density at radius 2 is 2.00 bits per heavy atom. The monoisotopic (exact) mass is 295 g/mol. The summed E-state index contributed by atoms with van der Waals surface area (Å²) in [4.78, 5) is 27.6. The molecule has 1 saturated carbocycles. The van der Waals surface area contributed by atoms with Gasteiger partial charge < -0.3 is 15.1 Å². The van der Waals surface area contributed by atoms with E-state index in [1.807, 2.05) is 4.90 Å². The van der Waals surface area contributed by atoms with Crippen LogP contribution in [0.25, 0.3) is 0 Å². The van der Waals surface area contributed by atoms with Gasteiger partial charge in [-0.25, -0.2) is 0 Å². The van der Waals surface area contributed by atoms with Gasteiger partial charge in [0.1, 0.15) is 0 Å². The zero-order chi connectivity index (χ0) is 15.3. The van der Waals surface area contributed by atoms with Gasteiger partial charge in [-0.15, -0.1) is 0 Å². The lowest BCUT2D eigenvalue weighted by molar-refractivity contribution is -0.128. The number of rotatable bonds is 7. The summed E-state index contributed by atoms with van der Waals surface area (Å²) in [5.41, 5.74) is 0.153. The normalized spacial score (nSPS) is 21.3. The molecule has 2 amide bonds. The first kappa shape index (κ1) is 16.3. The fourth-order valence-corrected chi connectivity index (χ4v) is 3.54. The molecule has 0 atom stereocenters. The smallest absolute Gasteiger partial charge is 0.222 e. The highest BCUT2D eigenvalue weighted by atomic mass is 16.2. The van der Waals surface area contributed by atoms with Crippen LogP contribution >= 0.6 is 0 Å². The second-order valence-corrected chi connectivity index (χ2v) is 6.69. The highest BCUT2D eigenvalue weighted by molar-refractivity contribution is 5.78. The minimum atomic E-state index is 0.120. The van der Waals surface area contributed by atoms with Crippen LogP contribution in [0.1, 0.15) is 51.4 Å². The van der Waals surface area contributed by atoms with Crippen LogP contribution in [0.15, 0.2) is 0 Å². The molecule has 0 bridgehead atoms. The highest BCUT2D eigenvalue weighted by Gasteiger charge is 2.36. The quantitative estimate of drug-likeness (QED) is 0.772. The third-order valence-electron chi connectivity index (χ3n) is 5.10. The number of likely N-dealkylation sites (N-methyl/N-ethyl adjacent to an activating group) is 1. The average Bonchev–Trinajstić information content (AvgIpc) is 3.07. The second-order valence-electron chi connectivity index (χ2n) is 6.69. The van der Waals surface area contributed by atoms with E-state index in [2.05, 4.69) is 24.3 Å². The predicted molar refractivity (Wildman–Crippen MR) is 82.9 cm³/mol. The Balaban J connectivity index is 1.66. The molecule has 1 aliphatic heterocycles. The van der Waals surface area contributed by atoms with Crippen LogP contribution in [0, 0.1) is 0 Å². The molecule has 0 unspecified atom stereocenters. The fraction of sp³-hybridized carbons (Fsp3) is 0.875. The lowest BCUT2D eigenvalue weighted by atomic mass is 9.96. The van der Waals surface area contributed by atoms with E-state index in [4.69, 9.17) is 0 Å². The number of amides is 2. The summed E-state index contributed by atoms with van der Waals surface area (Å²) in [6, 6.07) is 0. The van der Waals surface area contributed by atoms with Crippen molar-refractivity contribution in [1.82, 2.24) is 15.1 Å². The molecule has 2 fully saturated rings. The Labute approximate surface area is 128 Å². The van der Waals surface area contributed by atoms with Gasteiger partial charge in [-0.05, 0) is 39.8 Å². The Morgan fingerprint density at radius 3 is 2.57 bits per heavy atom. The van der Waals surface area contributed by atoms with Crippen LogP contribution in [0.5, 0.6) is 0 Å². The van der Waals surface area contributed by atoms with Gasteiger partial charge in [0, 0.05) is 38.0 Å². The molecule has 5 nitrogen and oxygen atoms in total. The largest absolute Gasteiger partial charge is 0.354 e. The van der Waals surface area contributed by atoms with Crippen molar-refractivity contribution in [2.45, 2.75) is 56.9 Å². The standard InChI is InChI=1S/C16H29N3O2/c1-18(2)16(9-3-4-10-16)13-17-14(20)7-5-11-19-12-6-8-15(19)21/h3-13H2,1-2H3,(H,17,20). The van der Waals surface area contributed by atoms with Gasteiger partial charge in [-0.3, -0.25) is 9.59 Å². The van der Waals surface area contributed by atoms with Crippen molar-refractivity contribution in [1.29, 1.82) is 0 Å². The minimum Gasteiger partial charge on any atom is -0.354 e. The zero-order valence-corrected chi connectivity index (χ0v) is 13.5. The number of hydrogen-bond acceptors (Lipinski definition) is 3. The van der Waals surface area contributed by atoms with Crippen LogP contribution in [0.4, 0.5) is 0 Å². The summed E-state index contributed by atoms with van der Waals surface area (Å²) < 4.78 is 0. The maximum atomic E-state index is 12.0. The first-order chi connectivity index (χ1) is 10.0. The van der Waals surface area contributed by atoms with Crippen LogP contribution < -0.4 is 5.32 Å². The number of likely N-dealkylation sites (tertiary alicyclic amines) is 1. The summed E-state index contributed by atoms with van der Waals surface area (Å²) in [6.45, 7) is 2.34. The van der Waals surface area contributed by atoms with Crippen LogP contribution in [-0.4, -0.2) is 60.9 Å². The Hall–Kier alpha value is -1.10. The molecule has 5 heteroatoms. The van der Waals surface area contributed by atoms with Crippen molar-refractivity contribution in [3.8, 4) is 0 Å². The Bertz CT molecular complexity index is 376. The van der Waals surface area contributed by atoms with Gasteiger partial charge in [0.2, 0.25) is 11.8 Å². The second kappa shape index (κ2) is 7.25. The summed E-state index contributed by atoms with van der Waals surface area (Å²) in [5.74, 6) is 0.364. The lowest BCUT2D eigenvalue weighted by Crippen LogP contribution is -2.50. The number of hydrogen-bond donors (Lipinski definition) is 1. The van der Waals surface area contributed by atoms with Crippen LogP contribution in [0.3, 0.4) is 0 Å². The maximum Gasteiger partial charge on any atom is 0.222 e.